The Kier molecular flexibility index (Phi) is 8.90. The molecule has 0 radical (unpaired) electrons. The van der Waals surface area contributed by atoms with Crippen LogP contribution in [0.15, 0.2) is 46.9 Å². The van der Waals surface area contributed by atoms with Crippen LogP contribution in [-0.4, -0.2) is 24.0 Å². The minimum absolute atomic E-state index is 0.179. The molecule has 0 aliphatic heterocycles. The summed E-state index contributed by atoms with van der Waals surface area (Å²) in [5, 5.41) is 5.77. The van der Waals surface area contributed by atoms with Crippen molar-refractivity contribution in [3.63, 3.8) is 0 Å². The summed E-state index contributed by atoms with van der Waals surface area (Å²) in [5.74, 6) is 0.296. The Labute approximate surface area is 187 Å². The maximum absolute atomic E-state index is 12.6. The third-order valence-corrected chi connectivity index (χ3v) is 4.94. The van der Waals surface area contributed by atoms with Gasteiger partial charge in [-0.1, -0.05) is 32.3 Å². The van der Waals surface area contributed by atoms with Gasteiger partial charge in [-0.25, -0.2) is 0 Å². The molecule has 2 aromatic carbocycles. The number of hydrogen-bond acceptors (Lipinski definition) is 3. The topological polar surface area (TPSA) is 67.4 Å². The van der Waals surface area contributed by atoms with Crippen molar-refractivity contribution < 1.29 is 14.3 Å². The molecule has 0 heterocycles. The molecule has 0 fully saturated rings. The molecule has 2 rings (SSSR count). The molecule has 30 heavy (non-hydrogen) atoms. The van der Waals surface area contributed by atoms with Crippen LogP contribution in [0.1, 0.15) is 74.1 Å². The monoisotopic (exact) mass is 474 g/mol. The van der Waals surface area contributed by atoms with Crippen LogP contribution >= 0.6 is 15.9 Å². The van der Waals surface area contributed by atoms with Gasteiger partial charge in [-0.2, -0.15) is 0 Å². The Morgan fingerprint density at radius 2 is 1.70 bits per heavy atom. The standard InChI is InChI=1S/C24H31BrN2O3/c1-5-6-7-8-14-30-21-13-12-18(16-20(21)25)22(28)26-19-11-9-10-17(15-19)23(29)27-24(2,3)4/h9-13,15-16H,5-8,14H2,1-4H3,(H,26,28)(H,27,29). The number of unbranched alkanes of at least 4 members (excludes halogenated alkanes) is 3. The molecule has 0 bridgehead atoms. The number of halogens is 1. The van der Waals surface area contributed by atoms with Gasteiger partial charge in [-0.3, -0.25) is 9.59 Å². The summed E-state index contributed by atoms with van der Waals surface area (Å²) >= 11 is 3.48. The maximum atomic E-state index is 12.6. The molecule has 0 atom stereocenters. The molecule has 0 aromatic heterocycles. The van der Waals surface area contributed by atoms with Crippen molar-refractivity contribution in [1.82, 2.24) is 5.32 Å². The average molecular weight is 475 g/mol. The largest absolute Gasteiger partial charge is 0.492 e. The lowest BCUT2D eigenvalue weighted by Crippen LogP contribution is -2.40. The smallest absolute Gasteiger partial charge is 0.255 e. The second-order valence-electron chi connectivity index (χ2n) is 8.29. The fraction of sp³-hybridized carbons (Fsp3) is 0.417. The van der Waals surface area contributed by atoms with Crippen LogP contribution in [0.2, 0.25) is 0 Å². The third-order valence-electron chi connectivity index (χ3n) is 4.32. The summed E-state index contributed by atoms with van der Waals surface area (Å²) in [7, 11) is 0. The van der Waals surface area contributed by atoms with Crippen LogP contribution in [0.5, 0.6) is 5.75 Å². The van der Waals surface area contributed by atoms with E-state index in [0.29, 0.717) is 23.4 Å². The van der Waals surface area contributed by atoms with E-state index in [4.69, 9.17) is 4.74 Å². The lowest BCUT2D eigenvalue weighted by Gasteiger charge is -2.20. The van der Waals surface area contributed by atoms with Gasteiger partial charge < -0.3 is 15.4 Å². The highest BCUT2D eigenvalue weighted by atomic mass is 79.9. The van der Waals surface area contributed by atoms with Crippen molar-refractivity contribution in [3.8, 4) is 5.75 Å². The minimum atomic E-state index is -0.331. The van der Waals surface area contributed by atoms with E-state index in [1.54, 1.807) is 42.5 Å². The molecule has 2 N–H and O–H groups in total. The Balaban J connectivity index is 2.00. The molecular formula is C24H31BrN2O3. The molecule has 2 amide bonds. The molecular weight excluding hydrogens is 444 g/mol. The Hall–Kier alpha value is -2.34. The van der Waals surface area contributed by atoms with Gasteiger partial charge in [0.2, 0.25) is 0 Å². The Bertz CT molecular complexity index is 875. The van der Waals surface area contributed by atoms with Gasteiger partial charge in [0, 0.05) is 22.4 Å². The number of amides is 2. The Morgan fingerprint density at radius 3 is 2.37 bits per heavy atom. The van der Waals surface area contributed by atoms with Crippen LogP contribution in [-0.2, 0) is 0 Å². The van der Waals surface area contributed by atoms with E-state index in [2.05, 4.69) is 33.5 Å². The average Bonchev–Trinajstić information content (AvgIpc) is 2.67. The van der Waals surface area contributed by atoms with Gasteiger partial charge >= 0.3 is 0 Å². The van der Waals surface area contributed by atoms with Crippen molar-refractivity contribution in [2.45, 2.75) is 58.9 Å². The molecule has 0 aliphatic carbocycles. The van der Waals surface area contributed by atoms with Crippen molar-refractivity contribution in [1.29, 1.82) is 0 Å². The Morgan fingerprint density at radius 1 is 0.967 bits per heavy atom. The summed E-state index contributed by atoms with van der Waals surface area (Å²) in [5.41, 5.74) is 1.23. The van der Waals surface area contributed by atoms with E-state index >= 15 is 0 Å². The van der Waals surface area contributed by atoms with E-state index in [-0.39, 0.29) is 17.4 Å². The lowest BCUT2D eigenvalue weighted by molar-refractivity contribution is 0.0918. The van der Waals surface area contributed by atoms with Crippen molar-refractivity contribution in [2.75, 3.05) is 11.9 Å². The van der Waals surface area contributed by atoms with Crippen LogP contribution in [0, 0.1) is 0 Å². The molecule has 0 spiro atoms. The highest BCUT2D eigenvalue weighted by Gasteiger charge is 2.16. The van der Waals surface area contributed by atoms with Crippen LogP contribution in [0.3, 0.4) is 0 Å². The van der Waals surface area contributed by atoms with Gasteiger partial charge in [0.05, 0.1) is 11.1 Å². The van der Waals surface area contributed by atoms with Crippen LogP contribution in [0.4, 0.5) is 5.69 Å². The maximum Gasteiger partial charge on any atom is 0.255 e. The van der Waals surface area contributed by atoms with Gasteiger partial charge in [0.1, 0.15) is 5.75 Å². The van der Waals surface area contributed by atoms with Crippen molar-refractivity contribution in [2.24, 2.45) is 0 Å². The molecule has 2 aromatic rings. The van der Waals surface area contributed by atoms with E-state index < -0.39 is 0 Å². The number of benzene rings is 2. The summed E-state index contributed by atoms with van der Waals surface area (Å²) in [4.78, 5) is 25.0. The number of nitrogens with one attached hydrogen (secondary N) is 2. The molecule has 5 nitrogen and oxygen atoms in total. The molecule has 0 saturated carbocycles. The number of ether oxygens (including phenoxy) is 1. The predicted octanol–water partition coefficient (Wildman–Crippen LogP) is 6.19. The quantitative estimate of drug-likeness (QED) is 0.425. The molecule has 162 valence electrons. The molecule has 0 aliphatic rings. The van der Waals surface area contributed by atoms with Gasteiger partial charge in [-0.15, -0.1) is 0 Å². The third kappa shape index (κ3) is 7.82. The van der Waals surface area contributed by atoms with Crippen LogP contribution in [0.25, 0.3) is 0 Å². The zero-order valence-electron chi connectivity index (χ0n) is 18.2. The molecule has 0 saturated heterocycles. The second kappa shape index (κ2) is 11.2. The first-order valence-electron chi connectivity index (χ1n) is 10.4. The fourth-order valence-corrected chi connectivity index (χ4v) is 3.32. The number of carbonyl (C=O) groups is 2. The number of carbonyl (C=O) groups excluding carboxylic acids is 2. The summed E-state index contributed by atoms with van der Waals surface area (Å²) in [6.45, 7) is 8.61. The summed E-state index contributed by atoms with van der Waals surface area (Å²) < 4.78 is 6.53. The fourth-order valence-electron chi connectivity index (χ4n) is 2.82. The van der Waals surface area contributed by atoms with Gasteiger partial charge in [0.25, 0.3) is 11.8 Å². The van der Waals surface area contributed by atoms with Gasteiger partial charge in [-0.05, 0) is 79.5 Å². The normalized spacial score (nSPS) is 11.1. The van der Waals surface area contributed by atoms with E-state index in [0.717, 1.165) is 23.1 Å². The first-order chi connectivity index (χ1) is 14.2. The van der Waals surface area contributed by atoms with E-state index in [1.165, 1.54) is 12.8 Å². The lowest BCUT2D eigenvalue weighted by atomic mass is 10.1. The highest BCUT2D eigenvalue weighted by molar-refractivity contribution is 9.10. The predicted molar refractivity (Wildman–Crippen MR) is 125 cm³/mol. The zero-order chi connectivity index (χ0) is 22.1. The van der Waals surface area contributed by atoms with Crippen molar-refractivity contribution >= 4 is 33.4 Å². The SMILES string of the molecule is CCCCCCOc1ccc(C(=O)Nc2cccc(C(=O)NC(C)(C)C)c2)cc1Br. The first kappa shape index (κ1) is 23.9. The van der Waals surface area contributed by atoms with E-state index in [9.17, 15) is 9.59 Å². The highest BCUT2D eigenvalue weighted by Crippen LogP contribution is 2.27. The molecule has 0 unspecified atom stereocenters. The minimum Gasteiger partial charge on any atom is -0.492 e. The van der Waals surface area contributed by atoms with Crippen molar-refractivity contribution in [3.05, 3.63) is 58.1 Å². The number of hydrogen-bond donors (Lipinski definition) is 2. The zero-order valence-corrected chi connectivity index (χ0v) is 19.8. The number of anilines is 1. The summed E-state index contributed by atoms with van der Waals surface area (Å²) in [6.07, 6.45) is 4.57. The van der Waals surface area contributed by atoms with Crippen LogP contribution < -0.4 is 15.4 Å². The van der Waals surface area contributed by atoms with E-state index in [1.807, 2.05) is 20.8 Å². The number of rotatable bonds is 9. The molecule has 6 heteroatoms. The second-order valence-corrected chi connectivity index (χ2v) is 9.15. The summed E-state index contributed by atoms with van der Waals surface area (Å²) in [6, 6.07) is 12.2. The first-order valence-corrected chi connectivity index (χ1v) is 11.1. The van der Waals surface area contributed by atoms with Gasteiger partial charge in [0.15, 0.2) is 0 Å².